The SMILES string of the molecule is Fc1ccc2onc(CN3C4CC3CN(Cc3ccncc3)C4)c2c1. The summed E-state index contributed by atoms with van der Waals surface area (Å²) >= 11 is 0. The van der Waals surface area contributed by atoms with E-state index in [1.54, 1.807) is 6.07 Å². The van der Waals surface area contributed by atoms with Crippen LogP contribution < -0.4 is 0 Å². The van der Waals surface area contributed by atoms with Crippen LogP contribution in [0.25, 0.3) is 11.0 Å². The van der Waals surface area contributed by atoms with E-state index < -0.39 is 0 Å². The Bertz CT molecular complexity index is 885. The van der Waals surface area contributed by atoms with Crippen molar-refractivity contribution in [1.82, 2.24) is 19.9 Å². The highest BCUT2D eigenvalue weighted by molar-refractivity contribution is 5.79. The summed E-state index contributed by atoms with van der Waals surface area (Å²) in [5.74, 6) is -0.246. The first kappa shape index (κ1) is 15.0. The summed E-state index contributed by atoms with van der Waals surface area (Å²) in [7, 11) is 0. The molecule has 0 radical (unpaired) electrons. The Hall–Kier alpha value is -2.31. The van der Waals surface area contributed by atoms with Crippen LogP contribution in [0.1, 0.15) is 17.7 Å². The molecule has 2 atom stereocenters. The standard InChI is InChI=1S/C19H19FN4O/c20-14-1-2-19-17(7-14)18(22-25-19)12-24-15-8-16(24)11-23(10-15)9-13-3-5-21-6-4-13/h1-7,15-16H,8-12H2. The van der Waals surface area contributed by atoms with Crippen molar-refractivity contribution in [3.63, 3.8) is 0 Å². The number of rotatable bonds is 4. The van der Waals surface area contributed by atoms with E-state index in [9.17, 15) is 4.39 Å². The molecule has 3 fully saturated rings. The maximum atomic E-state index is 13.5. The molecule has 3 saturated heterocycles. The van der Waals surface area contributed by atoms with Crippen molar-refractivity contribution in [3.05, 3.63) is 59.8 Å². The molecule has 2 bridgehead atoms. The van der Waals surface area contributed by atoms with Gasteiger partial charge in [0, 0.05) is 56.0 Å². The van der Waals surface area contributed by atoms with Gasteiger partial charge in [0.05, 0.1) is 0 Å². The second-order valence-electron chi connectivity index (χ2n) is 7.03. The minimum atomic E-state index is -0.246. The van der Waals surface area contributed by atoms with E-state index in [0.717, 1.165) is 37.3 Å². The first-order chi connectivity index (χ1) is 12.3. The molecule has 3 aliphatic heterocycles. The summed E-state index contributed by atoms with van der Waals surface area (Å²) in [4.78, 5) is 9.06. The molecule has 2 aromatic heterocycles. The van der Waals surface area contributed by atoms with Crippen molar-refractivity contribution in [2.24, 2.45) is 0 Å². The second kappa shape index (κ2) is 5.89. The second-order valence-corrected chi connectivity index (χ2v) is 7.03. The van der Waals surface area contributed by atoms with Gasteiger partial charge in [0.15, 0.2) is 5.58 Å². The molecular weight excluding hydrogens is 319 g/mol. The van der Waals surface area contributed by atoms with Gasteiger partial charge in [0.1, 0.15) is 11.5 Å². The minimum absolute atomic E-state index is 0.246. The number of piperazine rings is 1. The smallest absolute Gasteiger partial charge is 0.167 e. The minimum Gasteiger partial charge on any atom is -0.356 e. The van der Waals surface area contributed by atoms with Gasteiger partial charge in [-0.25, -0.2) is 4.39 Å². The zero-order chi connectivity index (χ0) is 16.8. The molecule has 0 spiro atoms. The molecule has 0 saturated carbocycles. The van der Waals surface area contributed by atoms with Crippen molar-refractivity contribution in [3.8, 4) is 0 Å². The predicted molar refractivity (Wildman–Crippen MR) is 91.2 cm³/mol. The number of aromatic nitrogens is 2. The van der Waals surface area contributed by atoms with E-state index in [-0.39, 0.29) is 5.82 Å². The Kier molecular flexibility index (Phi) is 3.53. The Morgan fingerprint density at radius 2 is 1.88 bits per heavy atom. The number of pyridine rings is 1. The van der Waals surface area contributed by atoms with E-state index >= 15 is 0 Å². The summed E-state index contributed by atoms with van der Waals surface area (Å²) in [6.45, 7) is 3.82. The first-order valence-electron chi connectivity index (χ1n) is 8.67. The summed E-state index contributed by atoms with van der Waals surface area (Å²) in [5, 5.41) is 4.96. The van der Waals surface area contributed by atoms with Gasteiger partial charge in [-0.15, -0.1) is 0 Å². The summed E-state index contributed by atoms with van der Waals surface area (Å²) in [6.07, 6.45) is 4.93. The van der Waals surface area contributed by atoms with Crippen LogP contribution in [0, 0.1) is 5.82 Å². The van der Waals surface area contributed by atoms with Gasteiger partial charge >= 0.3 is 0 Å². The van der Waals surface area contributed by atoms with Crippen molar-refractivity contribution in [2.45, 2.75) is 31.6 Å². The van der Waals surface area contributed by atoms with E-state index in [2.05, 4.69) is 32.1 Å². The number of hydrogen-bond acceptors (Lipinski definition) is 5. The highest BCUT2D eigenvalue weighted by atomic mass is 19.1. The summed E-state index contributed by atoms with van der Waals surface area (Å²) < 4.78 is 18.9. The van der Waals surface area contributed by atoms with Crippen molar-refractivity contribution < 1.29 is 8.91 Å². The number of benzene rings is 1. The zero-order valence-electron chi connectivity index (χ0n) is 13.8. The maximum Gasteiger partial charge on any atom is 0.167 e. The average Bonchev–Trinajstić information content (AvgIpc) is 3.02. The fourth-order valence-electron chi connectivity index (χ4n) is 4.16. The predicted octanol–water partition coefficient (Wildman–Crippen LogP) is 2.82. The van der Waals surface area contributed by atoms with Crippen LogP contribution in [0.4, 0.5) is 4.39 Å². The van der Waals surface area contributed by atoms with Crippen molar-refractivity contribution in [1.29, 1.82) is 0 Å². The molecule has 3 aromatic rings. The number of fused-ring (bicyclic) bond motifs is 3. The van der Waals surface area contributed by atoms with E-state index in [1.165, 1.54) is 24.1 Å². The van der Waals surface area contributed by atoms with E-state index in [4.69, 9.17) is 4.52 Å². The third-order valence-electron chi connectivity index (χ3n) is 5.41. The molecule has 1 aromatic carbocycles. The Labute approximate surface area is 145 Å². The van der Waals surface area contributed by atoms with Crippen LogP contribution in [0.15, 0.2) is 47.2 Å². The molecule has 6 heteroatoms. The van der Waals surface area contributed by atoms with E-state index in [0.29, 0.717) is 17.7 Å². The first-order valence-corrected chi connectivity index (χ1v) is 8.67. The lowest BCUT2D eigenvalue weighted by molar-refractivity contribution is -0.0782. The van der Waals surface area contributed by atoms with Gasteiger partial charge in [-0.3, -0.25) is 14.8 Å². The lowest BCUT2D eigenvalue weighted by Crippen LogP contribution is -2.67. The fraction of sp³-hybridized carbons (Fsp3) is 0.368. The molecule has 5 heterocycles. The summed E-state index contributed by atoms with van der Waals surface area (Å²) in [6, 6.07) is 9.82. The van der Waals surface area contributed by atoms with Crippen LogP contribution in [0.5, 0.6) is 0 Å². The molecule has 25 heavy (non-hydrogen) atoms. The topological polar surface area (TPSA) is 45.4 Å². The molecule has 0 aliphatic carbocycles. The Balaban J connectivity index is 1.27. The fourth-order valence-corrected chi connectivity index (χ4v) is 4.16. The van der Waals surface area contributed by atoms with Gasteiger partial charge in [-0.05, 0) is 42.3 Å². The van der Waals surface area contributed by atoms with Crippen LogP contribution in [0.3, 0.4) is 0 Å². The molecule has 0 amide bonds. The van der Waals surface area contributed by atoms with Gasteiger partial charge in [0.2, 0.25) is 0 Å². The van der Waals surface area contributed by atoms with Gasteiger partial charge < -0.3 is 4.52 Å². The summed E-state index contributed by atoms with van der Waals surface area (Å²) in [5.41, 5.74) is 2.80. The monoisotopic (exact) mass is 338 g/mol. The molecule has 128 valence electrons. The Morgan fingerprint density at radius 3 is 2.68 bits per heavy atom. The number of piperidine rings is 1. The largest absolute Gasteiger partial charge is 0.356 e. The highest BCUT2D eigenvalue weighted by Crippen LogP contribution is 2.35. The molecule has 2 unspecified atom stereocenters. The van der Waals surface area contributed by atoms with Crippen molar-refractivity contribution in [2.75, 3.05) is 13.1 Å². The molecule has 3 aliphatic rings. The number of halogens is 1. The maximum absolute atomic E-state index is 13.5. The molecule has 0 N–H and O–H groups in total. The lowest BCUT2D eigenvalue weighted by Gasteiger charge is -2.56. The van der Waals surface area contributed by atoms with Crippen LogP contribution in [-0.2, 0) is 13.1 Å². The van der Waals surface area contributed by atoms with Crippen molar-refractivity contribution >= 4 is 11.0 Å². The third-order valence-corrected chi connectivity index (χ3v) is 5.41. The van der Waals surface area contributed by atoms with Gasteiger partial charge in [0.25, 0.3) is 0 Å². The van der Waals surface area contributed by atoms with Crippen LogP contribution in [0.2, 0.25) is 0 Å². The quantitative estimate of drug-likeness (QED) is 0.732. The lowest BCUT2D eigenvalue weighted by atomic mass is 9.87. The molecule has 5 nitrogen and oxygen atoms in total. The average molecular weight is 338 g/mol. The van der Waals surface area contributed by atoms with E-state index in [1.807, 2.05) is 12.4 Å². The molecule has 6 rings (SSSR count). The Morgan fingerprint density at radius 1 is 1.08 bits per heavy atom. The number of hydrogen-bond donors (Lipinski definition) is 0. The number of nitrogens with zero attached hydrogens (tertiary/aromatic N) is 4. The van der Waals surface area contributed by atoms with Crippen LogP contribution >= 0.6 is 0 Å². The van der Waals surface area contributed by atoms with Gasteiger partial charge in [-0.2, -0.15) is 0 Å². The zero-order valence-corrected chi connectivity index (χ0v) is 13.8. The van der Waals surface area contributed by atoms with Gasteiger partial charge in [-0.1, -0.05) is 5.16 Å². The molecular formula is C19H19FN4O. The normalized spacial score (nSPS) is 23.7. The third kappa shape index (κ3) is 2.71. The highest BCUT2D eigenvalue weighted by Gasteiger charge is 2.44. The van der Waals surface area contributed by atoms with Crippen LogP contribution in [-0.4, -0.2) is 45.1 Å².